The first kappa shape index (κ1) is 9.06. The molecule has 3 nitrogen and oxygen atoms in total. The maximum atomic E-state index is 5.44. The van der Waals surface area contributed by atoms with Crippen molar-refractivity contribution in [2.75, 3.05) is 18.5 Å². The number of aromatic nitrogens is 1. The fourth-order valence-corrected chi connectivity index (χ4v) is 1.65. The number of hydrogen-bond acceptors (Lipinski definition) is 3. The molecule has 1 N–H and O–H groups in total. The van der Waals surface area contributed by atoms with Crippen molar-refractivity contribution in [1.82, 2.24) is 4.98 Å². The molecule has 0 bridgehead atoms. The molecule has 1 aromatic heterocycles. The molecular formula is C11H14N2O. The van der Waals surface area contributed by atoms with Crippen molar-refractivity contribution in [3.8, 4) is 5.88 Å². The quantitative estimate of drug-likeness (QED) is 0.737. The molecular weight excluding hydrogens is 176 g/mol. The van der Waals surface area contributed by atoms with Crippen LogP contribution in [-0.4, -0.2) is 18.1 Å². The van der Waals surface area contributed by atoms with E-state index in [4.69, 9.17) is 4.74 Å². The lowest BCUT2D eigenvalue weighted by Crippen LogP contribution is -2.20. The molecule has 3 heteroatoms. The molecule has 0 amide bonds. The van der Waals surface area contributed by atoms with Gasteiger partial charge in [-0.15, -0.1) is 0 Å². The van der Waals surface area contributed by atoms with Gasteiger partial charge in [-0.05, 0) is 25.0 Å². The van der Waals surface area contributed by atoms with Gasteiger partial charge in [0.1, 0.15) is 12.3 Å². The van der Waals surface area contributed by atoms with Crippen molar-refractivity contribution >= 4 is 11.3 Å². The summed E-state index contributed by atoms with van der Waals surface area (Å²) < 4.78 is 5.44. The molecule has 1 aliphatic heterocycles. The summed E-state index contributed by atoms with van der Waals surface area (Å²) in [6.07, 6.45) is 1.82. The molecule has 0 spiro atoms. The minimum Gasteiger partial charge on any atom is -0.474 e. The van der Waals surface area contributed by atoms with Crippen LogP contribution in [0.1, 0.15) is 18.1 Å². The van der Waals surface area contributed by atoms with Gasteiger partial charge in [0, 0.05) is 18.3 Å². The van der Waals surface area contributed by atoms with Crippen LogP contribution < -0.4 is 10.1 Å². The van der Waals surface area contributed by atoms with Crippen molar-refractivity contribution < 1.29 is 4.74 Å². The molecule has 0 saturated carbocycles. The third kappa shape index (κ3) is 1.35. The topological polar surface area (TPSA) is 34.2 Å². The van der Waals surface area contributed by atoms with E-state index in [2.05, 4.69) is 23.8 Å². The molecule has 14 heavy (non-hydrogen) atoms. The molecule has 0 aliphatic carbocycles. The Bertz CT molecular complexity index is 385. The van der Waals surface area contributed by atoms with Gasteiger partial charge in [-0.2, -0.15) is 0 Å². The second-order valence-corrected chi connectivity index (χ2v) is 3.53. The molecule has 0 aromatic carbocycles. The molecule has 74 valence electrons. The third-order valence-corrected chi connectivity index (χ3v) is 2.41. The molecule has 0 saturated heterocycles. The Kier molecular flexibility index (Phi) is 2.15. The molecule has 0 radical (unpaired) electrons. The Labute approximate surface area is 83.8 Å². The number of nitrogens with zero attached hydrogens (tertiary/aromatic N) is 1. The van der Waals surface area contributed by atoms with Crippen LogP contribution in [0.15, 0.2) is 12.8 Å². The van der Waals surface area contributed by atoms with Gasteiger partial charge in [0.2, 0.25) is 5.88 Å². The highest BCUT2D eigenvalue weighted by Crippen LogP contribution is 2.32. The summed E-state index contributed by atoms with van der Waals surface area (Å²) >= 11 is 0. The average molecular weight is 190 g/mol. The van der Waals surface area contributed by atoms with Crippen LogP contribution in [0.2, 0.25) is 0 Å². The largest absolute Gasteiger partial charge is 0.474 e. The van der Waals surface area contributed by atoms with E-state index >= 15 is 0 Å². The standard InChI is InChI=1S/C11H14N2O/c1-7(2)9-6-13-11-10(8(9)3)12-4-5-14-11/h6,12H,1,4-5H2,2-3H3. The highest BCUT2D eigenvalue weighted by molar-refractivity contribution is 5.72. The van der Waals surface area contributed by atoms with E-state index < -0.39 is 0 Å². The second kappa shape index (κ2) is 3.33. The minimum absolute atomic E-state index is 0.686. The third-order valence-electron chi connectivity index (χ3n) is 2.41. The molecule has 0 unspecified atom stereocenters. The lowest BCUT2D eigenvalue weighted by atomic mass is 10.0. The Balaban J connectivity index is 2.54. The van der Waals surface area contributed by atoms with E-state index in [1.54, 1.807) is 0 Å². The van der Waals surface area contributed by atoms with Gasteiger partial charge in [0.25, 0.3) is 0 Å². The summed E-state index contributed by atoms with van der Waals surface area (Å²) in [6.45, 7) is 9.50. The van der Waals surface area contributed by atoms with Gasteiger partial charge in [-0.1, -0.05) is 6.58 Å². The van der Waals surface area contributed by atoms with Gasteiger partial charge in [-0.3, -0.25) is 0 Å². The zero-order chi connectivity index (χ0) is 10.1. The monoisotopic (exact) mass is 190 g/mol. The molecule has 1 aliphatic rings. The van der Waals surface area contributed by atoms with Crippen molar-refractivity contribution in [2.24, 2.45) is 0 Å². The van der Waals surface area contributed by atoms with Crippen molar-refractivity contribution in [3.63, 3.8) is 0 Å². The summed E-state index contributed by atoms with van der Waals surface area (Å²) in [5, 5.41) is 3.30. The molecule has 0 atom stereocenters. The lowest BCUT2D eigenvalue weighted by molar-refractivity contribution is 0.310. The van der Waals surface area contributed by atoms with E-state index in [1.807, 2.05) is 13.1 Å². The second-order valence-electron chi connectivity index (χ2n) is 3.53. The van der Waals surface area contributed by atoms with E-state index in [-0.39, 0.29) is 0 Å². The van der Waals surface area contributed by atoms with Crippen LogP contribution >= 0.6 is 0 Å². The zero-order valence-corrected chi connectivity index (χ0v) is 8.55. The number of anilines is 1. The van der Waals surface area contributed by atoms with E-state index in [1.165, 1.54) is 5.56 Å². The predicted octanol–water partition coefficient (Wildman–Crippen LogP) is 2.23. The summed E-state index contributed by atoms with van der Waals surface area (Å²) in [5.74, 6) is 0.707. The summed E-state index contributed by atoms with van der Waals surface area (Å²) in [5.41, 5.74) is 4.31. The van der Waals surface area contributed by atoms with Crippen LogP contribution in [0.4, 0.5) is 5.69 Å². The molecule has 2 heterocycles. The van der Waals surface area contributed by atoms with Crippen molar-refractivity contribution in [1.29, 1.82) is 0 Å². The fraction of sp³-hybridized carbons (Fsp3) is 0.364. The zero-order valence-electron chi connectivity index (χ0n) is 8.55. The summed E-state index contributed by atoms with van der Waals surface area (Å²) in [7, 11) is 0. The first-order valence-corrected chi connectivity index (χ1v) is 4.72. The van der Waals surface area contributed by atoms with Crippen LogP contribution in [-0.2, 0) is 0 Å². The van der Waals surface area contributed by atoms with Gasteiger partial charge in [0.05, 0.1) is 0 Å². The predicted molar refractivity (Wildman–Crippen MR) is 57.7 cm³/mol. The Hall–Kier alpha value is -1.51. The lowest BCUT2D eigenvalue weighted by Gasteiger charge is -2.21. The number of hydrogen-bond donors (Lipinski definition) is 1. The normalized spacial score (nSPS) is 13.9. The minimum atomic E-state index is 0.686. The fourth-order valence-electron chi connectivity index (χ4n) is 1.65. The van der Waals surface area contributed by atoms with Crippen LogP contribution in [0.5, 0.6) is 5.88 Å². The SMILES string of the molecule is C=C(C)c1cnc2c(c1C)NCCO2. The summed E-state index contributed by atoms with van der Waals surface area (Å²) in [6, 6.07) is 0. The smallest absolute Gasteiger partial charge is 0.237 e. The Morgan fingerprint density at radius 1 is 1.64 bits per heavy atom. The summed E-state index contributed by atoms with van der Waals surface area (Å²) in [4.78, 5) is 4.26. The number of rotatable bonds is 1. The molecule has 2 rings (SSSR count). The van der Waals surface area contributed by atoms with E-state index in [9.17, 15) is 0 Å². The average Bonchev–Trinajstić information content (AvgIpc) is 2.18. The molecule has 0 fully saturated rings. The maximum Gasteiger partial charge on any atom is 0.237 e. The Morgan fingerprint density at radius 2 is 2.43 bits per heavy atom. The van der Waals surface area contributed by atoms with Gasteiger partial charge in [0.15, 0.2) is 0 Å². The number of allylic oxidation sites excluding steroid dienone is 1. The maximum absolute atomic E-state index is 5.44. The molecule has 1 aromatic rings. The first-order chi connectivity index (χ1) is 6.70. The van der Waals surface area contributed by atoms with Gasteiger partial charge >= 0.3 is 0 Å². The van der Waals surface area contributed by atoms with E-state index in [0.29, 0.717) is 12.5 Å². The van der Waals surface area contributed by atoms with Gasteiger partial charge in [-0.25, -0.2) is 4.98 Å². The van der Waals surface area contributed by atoms with Crippen molar-refractivity contribution in [2.45, 2.75) is 13.8 Å². The number of pyridine rings is 1. The van der Waals surface area contributed by atoms with Crippen LogP contribution in [0.3, 0.4) is 0 Å². The van der Waals surface area contributed by atoms with E-state index in [0.717, 1.165) is 23.4 Å². The van der Waals surface area contributed by atoms with Crippen LogP contribution in [0, 0.1) is 6.92 Å². The van der Waals surface area contributed by atoms with Gasteiger partial charge < -0.3 is 10.1 Å². The highest BCUT2D eigenvalue weighted by Gasteiger charge is 2.15. The first-order valence-electron chi connectivity index (χ1n) is 4.72. The highest BCUT2D eigenvalue weighted by atomic mass is 16.5. The Morgan fingerprint density at radius 3 is 3.14 bits per heavy atom. The number of ether oxygens (including phenoxy) is 1. The number of nitrogens with one attached hydrogen (secondary N) is 1. The van der Waals surface area contributed by atoms with Crippen molar-refractivity contribution in [3.05, 3.63) is 23.9 Å². The number of fused-ring (bicyclic) bond motifs is 1. The van der Waals surface area contributed by atoms with Crippen LogP contribution in [0.25, 0.3) is 5.57 Å².